The molecule has 2 heterocycles. The van der Waals surface area contributed by atoms with Crippen molar-refractivity contribution in [2.75, 3.05) is 6.61 Å². The van der Waals surface area contributed by atoms with E-state index in [0.717, 1.165) is 3.70 Å². The number of carboxylic acids is 1. The van der Waals surface area contributed by atoms with Crippen molar-refractivity contribution >= 4 is 44.5 Å². The van der Waals surface area contributed by atoms with Gasteiger partial charge in [-0.2, -0.15) is 0 Å². The third kappa shape index (κ3) is 1.63. The van der Waals surface area contributed by atoms with E-state index in [0.29, 0.717) is 15.9 Å². The average molecular weight is 384 g/mol. The molecule has 0 aliphatic carbocycles. The maximum atomic E-state index is 11.2. The first kappa shape index (κ1) is 11.1. The van der Waals surface area contributed by atoms with Gasteiger partial charge in [-0.05, 0) is 51.5 Å². The molecule has 2 rings (SSSR count). The van der Waals surface area contributed by atoms with Crippen LogP contribution in [0.15, 0.2) is 10.7 Å². The minimum absolute atomic E-state index is 0.151. The van der Waals surface area contributed by atoms with E-state index in [-0.39, 0.29) is 6.61 Å². The number of carbonyl (C=O) groups is 1. The van der Waals surface area contributed by atoms with E-state index in [1.54, 1.807) is 13.0 Å². The van der Waals surface area contributed by atoms with E-state index in [4.69, 9.17) is 4.74 Å². The van der Waals surface area contributed by atoms with Gasteiger partial charge in [0.25, 0.3) is 0 Å². The fourth-order valence-corrected chi connectivity index (χ4v) is 2.89. The van der Waals surface area contributed by atoms with Crippen LogP contribution >= 0.6 is 38.5 Å². The number of aliphatic carboxylic acids is 1. The highest BCUT2D eigenvalue weighted by molar-refractivity contribution is 14.1. The Balaban J connectivity index is 2.65. The van der Waals surface area contributed by atoms with Crippen molar-refractivity contribution in [3.63, 3.8) is 0 Å². The Morgan fingerprint density at radius 1 is 1.80 bits per heavy atom. The van der Waals surface area contributed by atoms with Crippen LogP contribution in [0.4, 0.5) is 0 Å². The summed E-state index contributed by atoms with van der Waals surface area (Å²) in [6.45, 7) is 1.81. The fraction of sp³-hybridized carbons (Fsp3) is 0.333. The average Bonchev–Trinajstić information content (AvgIpc) is 2.46. The van der Waals surface area contributed by atoms with Gasteiger partial charge in [-0.3, -0.25) is 4.79 Å². The molecule has 1 N–H and O–H groups in total. The first-order chi connectivity index (χ1) is 6.95. The minimum Gasteiger partial charge on any atom is -0.489 e. The van der Waals surface area contributed by atoms with Gasteiger partial charge in [0, 0.05) is 5.56 Å². The van der Waals surface area contributed by atoms with Crippen molar-refractivity contribution in [3.05, 3.63) is 19.9 Å². The first-order valence-electron chi connectivity index (χ1n) is 4.18. The van der Waals surface area contributed by atoms with Gasteiger partial charge in [0.05, 0.1) is 0 Å². The van der Waals surface area contributed by atoms with Crippen molar-refractivity contribution in [2.24, 2.45) is 0 Å². The van der Waals surface area contributed by atoms with E-state index in [1.165, 1.54) is 0 Å². The Bertz CT molecular complexity index is 451. The number of hydrogen-bond acceptors (Lipinski definition) is 3. The second kappa shape index (κ2) is 3.58. The molecule has 1 aliphatic rings. The minimum atomic E-state index is -0.972. The molecule has 0 radical (unpaired) electrons. The number of hydrogen-bond donors (Lipinski definition) is 1. The molecule has 0 saturated carbocycles. The number of fused-ring (bicyclic) bond motifs is 1. The molecule has 80 valence electrons. The highest BCUT2D eigenvalue weighted by Crippen LogP contribution is 2.42. The Morgan fingerprint density at radius 2 is 2.47 bits per heavy atom. The molecule has 0 amide bonds. The molecule has 0 saturated heterocycles. The van der Waals surface area contributed by atoms with Gasteiger partial charge in [0.1, 0.15) is 20.3 Å². The Morgan fingerprint density at radius 3 is 3.07 bits per heavy atom. The number of rotatable bonds is 1. The summed E-state index contributed by atoms with van der Waals surface area (Å²) in [5, 5.41) is 9.18. The lowest BCUT2D eigenvalue weighted by Gasteiger charge is -2.16. The zero-order valence-corrected chi connectivity index (χ0v) is 11.5. The van der Waals surface area contributed by atoms with E-state index in [1.807, 2.05) is 22.6 Å². The second-order valence-corrected chi connectivity index (χ2v) is 5.39. The predicted molar refractivity (Wildman–Crippen MR) is 65.1 cm³/mol. The van der Waals surface area contributed by atoms with Crippen LogP contribution in [0.1, 0.15) is 12.5 Å². The lowest BCUT2D eigenvalue weighted by Crippen LogP contribution is -2.33. The summed E-state index contributed by atoms with van der Waals surface area (Å²) in [7, 11) is 0. The van der Waals surface area contributed by atoms with Crippen LogP contribution in [0.2, 0.25) is 0 Å². The molecule has 0 fully saturated rings. The van der Waals surface area contributed by atoms with Gasteiger partial charge in [-0.1, -0.05) is 0 Å². The summed E-state index contributed by atoms with van der Waals surface area (Å²) in [4.78, 5) is 15.3. The molecule has 0 aromatic carbocycles. The molecular formula is C9H7BrINO3. The summed E-state index contributed by atoms with van der Waals surface area (Å²) in [6, 6.07) is 1.75. The largest absolute Gasteiger partial charge is 0.489 e. The summed E-state index contributed by atoms with van der Waals surface area (Å²) in [5.41, 5.74) is -0.290. The second-order valence-electron chi connectivity index (χ2n) is 3.54. The van der Waals surface area contributed by atoms with Crippen LogP contribution in [0.25, 0.3) is 0 Å². The quantitative estimate of drug-likeness (QED) is 0.596. The summed E-state index contributed by atoms with van der Waals surface area (Å²) in [5.74, 6) is -0.338. The van der Waals surface area contributed by atoms with Crippen LogP contribution in [0, 0.1) is 3.70 Å². The molecule has 1 atom stereocenters. The van der Waals surface area contributed by atoms with E-state index >= 15 is 0 Å². The predicted octanol–water partition coefficient (Wildman–Crippen LogP) is 2.18. The van der Waals surface area contributed by atoms with Gasteiger partial charge in [0.15, 0.2) is 5.75 Å². The highest BCUT2D eigenvalue weighted by Gasteiger charge is 2.44. The van der Waals surface area contributed by atoms with Gasteiger partial charge >= 0.3 is 5.97 Å². The van der Waals surface area contributed by atoms with Crippen LogP contribution in [0.5, 0.6) is 5.75 Å². The van der Waals surface area contributed by atoms with Gasteiger partial charge < -0.3 is 9.84 Å². The number of carboxylic acid groups (broad SMARTS) is 1. The number of pyridine rings is 1. The SMILES string of the molecule is C[C@]1(C(=O)O)COc2c1cc(I)nc2Br. The van der Waals surface area contributed by atoms with Crippen molar-refractivity contribution in [2.45, 2.75) is 12.3 Å². The number of aromatic nitrogens is 1. The van der Waals surface area contributed by atoms with Crippen molar-refractivity contribution in [1.29, 1.82) is 0 Å². The summed E-state index contributed by atoms with van der Waals surface area (Å²) >= 11 is 5.31. The Labute approximate surface area is 108 Å². The fourth-order valence-electron chi connectivity index (χ4n) is 1.49. The maximum Gasteiger partial charge on any atom is 0.317 e. The lowest BCUT2D eigenvalue weighted by molar-refractivity contribution is -0.143. The number of halogens is 2. The topological polar surface area (TPSA) is 59.4 Å². The molecule has 4 nitrogen and oxygen atoms in total. The molecule has 0 spiro atoms. The molecule has 0 unspecified atom stereocenters. The molecule has 1 aromatic rings. The third-order valence-corrected chi connectivity index (χ3v) is 3.56. The first-order valence-corrected chi connectivity index (χ1v) is 6.05. The number of nitrogens with zero attached hydrogens (tertiary/aromatic N) is 1. The third-order valence-electron chi connectivity index (χ3n) is 2.47. The van der Waals surface area contributed by atoms with Crippen molar-refractivity contribution in [3.8, 4) is 5.75 Å². The normalized spacial score (nSPS) is 23.4. The number of ether oxygens (including phenoxy) is 1. The Hall–Kier alpha value is -0.370. The standard InChI is InChI=1S/C9H7BrINO3/c1-9(8(13)14)3-15-6-4(9)2-5(11)12-7(6)10/h2H,3H2,1H3,(H,13,14)/t9-/m0/s1. The van der Waals surface area contributed by atoms with Crippen LogP contribution in [0.3, 0.4) is 0 Å². The van der Waals surface area contributed by atoms with Gasteiger partial charge in [-0.15, -0.1) is 0 Å². The Kier molecular flexibility index (Phi) is 2.66. The monoisotopic (exact) mass is 383 g/mol. The van der Waals surface area contributed by atoms with Crippen LogP contribution in [-0.4, -0.2) is 22.7 Å². The van der Waals surface area contributed by atoms with Crippen molar-refractivity contribution in [1.82, 2.24) is 4.98 Å². The smallest absolute Gasteiger partial charge is 0.317 e. The molecule has 15 heavy (non-hydrogen) atoms. The van der Waals surface area contributed by atoms with Crippen molar-refractivity contribution < 1.29 is 14.6 Å². The zero-order chi connectivity index (χ0) is 11.2. The summed E-state index contributed by atoms with van der Waals surface area (Å²) < 4.78 is 6.68. The van der Waals surface area contributed by atoms with E-state index in [9.17, 15) is 9.90 Å². The van der Waals surface area contributed by atoms with Crippen LogP contribution in [-0.2, 0) is 10.2 Å². The summed E-state index contributed by atoms with van der Waals surface area (Å²) in [6.07, 6.45) is 0. The molecule has 1 aliphatic heterocycles. The molecule has 6 heteroatoms. The van der Waals surface area contributed by atoms with Gasteiger partial charge in [-0.25, -0.2) is 4.98 Å². The highest BCUT2D eigenvalue weighted by atomic mass is 127. The van der Waals surface area contributed by atoms with Crippen LogP contribution < -0.4 is 4.74 Å². The van der Waals surface area contributed by atoms with E-state index in [2.05, 4.69) is 20.9 Å². The zero-order valence-electron chi connectivity index (χ0n) is 7.75. The molecule has 1 aromatic heterocycles. The lowest BCUT2D eigenvalue weighted by atomic mass is 9.85. The maximum absolute atomic E-state index is 11.2. The van der Waals surface area contributed by atoms with Gasteiger partial charge in [0.2, 0.25) is 0 Å². The molecular weight excluding hydrogens is 377 g/mol. The van der Waals surface area contributed by atoms with E-state index < -0.39 is 11.4 Å². The molecule has 0 bridgehead atoms.